The number of benzene rings is 2. The van der Waals surface area contributed by atoms with E-state index in [-0.39, 0.29) is 19.1 Å². The summed E-state index contributed by atoms with van der Waals surface area (Å²) in [4.78, 5) is 18.0. The van der Waals surface area contributed by atoms with Crippen LogP contribution in [0.3, 0.4) is 0 Å². The van der Waals surface area contributed by atoms with Gasteiger partial charge in [-0.2, -0.15) is 0 Å². The van der Waals surface area contributed by atoms with E-state index in [9.17, 15) is 4.79 Å². The van der Waals surface area contributed by atoms with Gasteiger partial charge in [0.2, 0.25) is 12.7 Å². The summed E-state index contributed by atoms with van der Waals surface area (Å²) >= 11 is 1.52. The molecule has 0 radical (unpaired) electrons. The highest BCUT2D eigenvalue weighted by molar-refractivity contribution is 7.15. The molecule has 2 heterocycles. The van der Waals surface area contributed by atoms with Crippen LogP contribution in [-0.2, 0) is 11.2 Å². The van der Waals surface area contributed by atoms with E-state index >= 15 is 0 Å². The van der Waals surface area contributed by atoms with Crippen LogP contribution in [0.2, 0.25) is 0 Å². The monoisotopic (exact) mass is 382 g/mol. The molecule has 7 heteroatoms. The summed E-state index contributed by atoms with van der Waals surface area (Å²) in [6.07, 6.45) is 0.266. The van der Waals surface area contributed by atoms with Crippen molar-refractivity contribution in [3.8, 4) is 27.8 Å². The lowest BCUT2D eigenvalue weighted by Gasteiger charge is -2.05. The molecular weight excluding hydrogens is 364 g/mol. The van der Waals surface area contributed by atoms with Gasteiger partial charge in [0.25, 0.3) is 0 Å². The lowest BCUT2D eigenvalue weighted by molar-refractivity contribution is -0.115. The van der Waals surface area contributed by atoms with Gasteiger partial charge in [-0.3, -0.25) is 4.79 Å². The lowest BCUT2D eigenvalue weighted by atomic mass is 10.2. The van der Waals surface area contributed by atoms with Gasteiger partial charge in [0, 0.05) is 22.2 Å². The summed E-state index contributed by atoms with van der Waals surface area (Å²) in [5, 5.41) is 3.77. The largest absolute Gasteiger partial charge is 0.497 e. The second-order valence-corrected chi connectivity index (χ2v) is 7.14. The molecule has 1 amide bonds. The molecule has 0 unspecified atom stereocenters. The molecule has 0 spiro atoms. The van der Waals surface area contributed by atoms with Crippen LogP contribution in [-0.4, -0.2) is 24.8 Å². The Balaban J connectivity index is 1.47. The Kier molecular flexibility index (Phi) is 4.68. The van der Waals surface area contributed by atoms with Crippen molar-refractivity contribution < 1.29 is 19.0 Å². The maximum absolute atomic E-state index is 12.5. The maximum Gasteiger partial charge on any atom is 0.231 e. The van der Waals surface area contributed by atoms with E-state index in [4.69, 9.17) is 14.2 Å². The van der Waals surface area contributed by atoms with E-state index in [2.05, 4.69) is 10.3 Å². The number of thiazole rings is 1. The minimum atomic E-state index is -0.0993. The predicted molar refractivity (Wildman–Crippen MR) is 104 cm³/mol. The highest BCUT2D eigenvalue weighted by Crippen LogP contribution is 2.34. The van der Waals surface area contributed by atoms with Crippen molar-refractivity contribution in [2.75, 3.05) is 19.2 Å². The zero-order chi connectivity index (χ0) is 18.8. The summed E-state index contributed by atoms with van der Waals surface area (Å²) in [6.45, 7) is 2.13. The van der Waals surface area contributed by atoms with Crippen LogP contribution in [0.25, 0.3) is 10.6 Å². The molecule has 1 N–H and O–H groups in total. The Morgan fingerprint density at radius 2 is 2.07 bits per heavy atom. The highest BCUT2D eigenvalue weighted by Gasteiger charge is 2.16. The Hall–Kier alpha value is -3.06. The zero-order valence-electron chi connectivity index (χ0n) is 14.9. The number of nitrogens with one attached hydrogen (secondary N) is 1. The average Bonchev–Trinajstić information content (AvgIpc) is 3.28. The third-order valence-electron chi connectivity index (χ3n) is 4.19. The molecule has 3 aromatic rings. The van der Waals surface area contributed by atoms with Gasteiger partial charge in [-0.15, -0.1) is 11.3 Å². The summed E-state index contributed by atoms with van der Waals surface area (Å²) in [7, 11) is 1.64. The summed E-state index contributed by atoms with van der Waals surface area (Å²) in [5.41, 5.74) is 2.52. The van der Waals surface area contributed by atoms with Gasteiger partial charge in [-0.1, -0.05) is 12.1 Å². The van der Waals surface area contributed by atoms with Crippen LogP contribution < -0.4 is 19.5 Å². The molecule has 1 aliphatic heterocycles. The second kappa shape index (κ2) is 7.28. The Bertz CT molecular complexity index is 999. The van der Waals surface area contributed by atoms with Gasteiger partial charge in [0.05, 0.1) is 19.2 Å². The summed E-state index contributed by atoms with van der Waals surface area (Å²) in [6, 6.07) is 13.1. The van der Waals surface area contributed by atoms with Crippen molar-refractivity contribution in [3.63, 3.8) is 0 Å². The maximum atomic E-state index is 12.5. The number of hydrogen-bond donors (Lipinski definition) is 1. The van der Waals surface area contributed by atoms with Gasteiger partial charge < -0.3 is 19.5 Å². The number of hydrogen-bond acceptors (Lipinski definition) is 6. The van der Waals surface area contributed by atoms with E-state index < -0.39 is 0 Å². The third-order valence-corrected chi connectivity index (χ3v) is 5.39. The van der Waals surface area contributed by atoms with Crippen LogP contribution in [0.15, 0.2) is 42.5 Å². The molecule has 0 atom stereocenters. The first-order valence-electron chi connectivity index (χ1n) is 8.42. The van der Waals surface area contributed by atoms with Crippen molar-refractivity contribution in [1.29, 1.82) is 0 Å². The lowest BCUT2D eigenvalue weighted by Crippen LogP contribution is -2.14. The molecule has 6 nitrogen and oxygen atoms in total. The first-order chi connectivity index (χ1) is 13.1. The molecule has 4 rings (SSSR count). The number of fused-ring (bicyclic) bond motifs is 1. The number of aryl methyl sites for hydroxylation is 1. The normalized spacial score (nSPS) is 12.1. The Labute approximate surface area is 160 Å². The van der Waals surface area contributed by atoms with Crippen LogP contribution in [0.4, 0.5) is 5.69 Å². The second-order valence-electron chi connectivity index (χ2n) is 6.05. The van der Waals surface area contributed by atoms with Gasteiger partial charge >= 0.3 is 0 Å². The third kappa shape index (κ3) is 3.73. The van der Waals surface area contributed by atoms with Crippen LogP contribution in [0.1, 0.15) is 10.6 Å². The molecule has 2 aromatic carbocycles. The Morgan fingerprint density at radius 1 is 1.22 bits per heavy atom. The van der Waals surface area contributed by atoms with Gasteiger partial charge in [0.15, 0.2) is 11.5 Å². The molecule has 138 valence electrons. The van der Waals surface area contributed by atoms with Crippen LogP contribution in [0, 0.1) is 6.92 Å². The van der Waals surface area contributed by atoms with Gasteiger partial charge in [-0.25, -0.2) is 4.98 Å². The summed E-state index contributed by atoms with van der Waals surface area (Å²) in [5.74, 6) is 2.01. The minimum Gasteiger partial charge on any atom is -0.497 e. The minimum absolute atomic E-state index is 0.0993. The number of aromatic nitrogens is 1. The fraction of sp³-hybridized carbons (Fsp3) is 0.200. The smallest absolute Gasteiger partial charge is 0.231 e. The molecule has 1 aliphatic rings. The zero-order valence-corrected chi connectivity index (χ0v) is 15.8. The van der Waals surface area contributed by atoms with Gasteiger partial charge in [-0.05, 0) is 31.2 Å². The van der Waals surface area contributed by atoms with E-state index in [1.807, 2.05) is 31.2 Å². The number of methoxy groups -OCH3 is 1. The quantitative estimate of drug-likeness (QED) is 0.721. The van der Waals surface area contributed by atoms with E-state index in [0.29, 0.717) is 17.2 Å². The molecule has 27 heavy (non-hydrogen) atoms. The number of nitrogens with zero attached hydrogens (tertiary/aromatic N) is 1. The fourth-order valence-corrected chi connectivity index (χ4v) is 3.85. The van der Waals surface area contributed by atoms with Crippen LogP contribution in [0.5, 0.6) is 17.2 Å². The molecule has 0 fully saturated rings. The van der Waals surface area contributed by atoms with Crippen molar-refractivity contribution in [2.24, 2.45) is 0 Å². The van der Waals surface area contributed by atoms with Crippen molar-refractivity contribution >= 4 is 22.9 Å². The number of anilines is 1. The fourth-order valence-electron chi connectivity index (χ4n) is 2.80. The Morgan fingerprint density at radius 3 is 2.93 bits per heavy atom. The van der Waals surface area contributed by atoms with Crippen LogP contribution >= 0.6 is 11.3 Å². The average molecular weight is 382 g/mol. The number of amides is 1. The van der Waals surface area contributed by atoms with E-state index in [1.165, 1.54) is 11.3 Å². The predicted octanol–water partition coefficient (Wildman–Crippen LogP) is 4.04. The summed E-state index contributed by atoms with van der Waals surface area (Å²) < 4.78 is 15.9. The molecule has 0 aliphatic carbocycles. The standard InChI is InChI=1S/C20H18N2O4S/c1-12-18(27-20(21-12)13-4-3-5-15(8-13)24-2)10-19(23)22-14-6-7-16-17(9-14)26-11-25-16/h3-9H,10-11H2,1-2H3,(H,22,23). The van der Waals surface area contributed by atoms with E-state index in [1.54, 1.807) is 25.3 Å². The van der Waals surface area contributed by atoms with Gasteiger partial charge in [0.1, 0.15) is 10.8 Å². The number of ether oxygens (including phenoxy) is 3. The molecular formula is C20H18N2O4S. The SMILES string of the molecule is COc1cccc(-c2nc(C)c(CC(=O)Nc3ccc4c(c3)OCO4)s2)c1. The molecule has 0 bridgehead atoms. The topological polar surface area (TPSA) is 69.7 Å². The number of rotatable bonds is 5. The highest BCUT2D eigenvalue weighted by atomic mass is 32.1. The van der Waals surface area contributed by atoms with Crippen molar-refractivity contribution in [3.05, 3.63) is 53.0 Å². The first kappa shape index (κ1) is 17.4. The molecule has 1 aromatic heterocycles. The number of carbonyl (C=O) groups excluding carboxylic acids is 1. The van der Waals surface area contributed by atoms with Crippen molar-refractivity contribution in [1.82, 2.24) is 4.98 Å². The first-order valence-corrected chi connectivity index (χ1v) is 9.24. The molecule has 0 saturated carbocycles. The number of carbonyl (C=O) groups is 1. The molecule has 0 saturated heterocycles. The van der Waals surface area contributed by atoms with Crippen molar-refractivity contribution in [2.45, 2.75) is 13.3 Å². The van der Waals surface area contributed by atoms with E-state index in [0.717, 1.165) is 26.9 Å².